The third-order valence-electron chi connectivity index (χ3n) is 5.87. The summed E-state index contributed by atoms with van der Waals surface area (Å²) in [5.74, 6) is -0.411. The van der Waals surface area contributed by atoms with Crippen LogP contribution >= 0.6 is 11.6 Å². The van der Waals surface area contributed by atoms with Crippen molar-refractivity contribution in [3.8, 4) is 0 Å². The number of carbonyl (C=O) groups is 1. The minimum Gasteiger partial charge on any atom is -0.361 e. The smallest absolute Gasteiger partial charge is 0.269 e. The fourth-order valence-corrected chi connectivity index (χ4v) is 4.45. The number of hydrogen-bond donors (Lipinski definition) is 2. The van der Waals surface area contributed by atoms with Gasteiger partial charge < -0.3 is 15.2 Å². The average Bonchev–Trinajstić information content (AvgIpc) is 3.42. The second-order valence-corrected chi connectivity index (χ2v) is 8.38. The highest BCUT2D eigenvalue weighted by Crippen LogP contribution is 2.35. The standard InChI is InChI=1S/C23H25ClN4O3/c24-17-6-7-22-20(13-17)21(15-26-22)19(16-4-3-5-18(12-16)28(30)31)14-23(29)25-8-11-27-9-1-2-10-27/h3-7,12-13,15,19,26H,1-2,8-11,14H2,(H,25,29)/t19-/m1/s1. The van der Waals surface area contributed by atoms with E-state index in [1.807, 2.05) is 24.4 Å². The molecule has 2 aromatic carbocycles. The zero-order chi connectivity index (χ0) is 21.8. The van der Waals surface area contributed by atoms with E-state index in [0.717, 1.165) is 41.7 Å². The number of likely N-dealkylation sites (tertiary alicyclic amines) is 1. The van der Waals surface area contributed by atoms with Gasteiger partial charge in [-0.2, -0.15) is 0 Å². The first-order chi connectivity index (χ1) is 15.0. The van der Waals surface area contributed by atoms with Gasteiger partial charge in [-0.15, -0.1) is 0 Å². The number of fused-ring (bicyclic) bond motifs is 1. The molecule has 8 heteroatoms. The summed E-state index contributed by atoms with van der Waals surface area (Å²) in [6, 6.07) is 12.1. The molecule has 7 nitrogen and oxygen atoms in total. The normalized spacial score (nSPS) is 15.3. The highest BCUT2D eigenvalue weighted by atomic mass is 35.5. The van der Waals surface area contributed by atoms with Crippen LogP contribution in [0.15, 0.2) is 48.7 Å². The summed E-state index contributed by atoms with van der Waals surface area (Å²) in [7, 11) is 0. The lowest BCUT2D eigenvalue weighted by Crippen LogP contribution is -2.34. The van der Waals surface area contributed by atoms with E-state index >= 15 is 0 Å². The minimum absolute atomic E-state index is 0.00909. The van der Waals surface area contributed by atoms with Gasteiger partial charge in [0.25, 0.3) is 5.69 Å². The zero-order valence-electron chi connectivity index (χ0n) is 17.1. The topological polar surface area (TPSA) is 91.3 Å². The van der Waals surface area contributed by atoms with Crippen molar-refractivity contribution in [2.24, 2.45) is 0 Å². The van der Waals surface area contributed by atoms with Crippen LogP contribution < -0.4 is 5.32 Å². The van der Waals surface area contributed by atoms with Gasteiger partial charge in [0.2, 0.25) is 5.91 Å². The summed E-state index contributed by atoms with van der Waals surface area (Å²) in [5.41, 5.74) is 2.54. The van der Waals surface area contributed by atoms with Crippen LogP contribution in [0.5, 0.6) is 0 Å². The number of benzene rings is 2. The van der Waals surface area contributed by atoms with Crippen molar-refractivity contribution in [3.63, 3.8) is 0 Å². The maximum Gasteiger partial charge on any atom is 0.269 e. The lowest BCUT2D eigenvalue weighted by molar-refractivity contribution is -0.384. The molecule has 0 aliphatic carbocycles. The third-order valence-corrected chi connectivity index (χ3v) is 6.11. The van der Waals surface area contributed by atoms with E-state index < -0.39 is 4.92 Å². The Morgan fingerprint density at radius 2 is 2.03 bits per heavy atom. The van der Waals surface area contributed by atoms with Crippen LogP contribution in [0.4, 0.5) is 5.69 Å². The number of halogens is 1. The van der Waals surface area contributed by atoms with E-state index in [0.29, 0.717) is 11.6 Å². The van der Waals surface area contributed by atoms with Crippen molar-refractivity contribution >= 4 is 34.1 Å². The number of nitrogens with one attached hydrogen (secondary N) is 2. The van der Waals surface area contributed by atoms with Crippen LogP contribution in [0, 0.1) is 10.1 Å². The number of nitro groups is 1. The number of carbonyl (C=O) groups excluding carboxylic acids is 1. The van der Waals surface area contributed by atoms with E-state index in [1.165, 1.54) is 18.9 Å². The van der Waals surface area contributed by atoms with Crippen LogP contribution in [0.2, 0.25) is 5.02 Å². The van der Waals surface area contributed by atoms with Crippen molar-refractivity contribution < 1.29 is 9.72 Å². The number of aromatic nitrogens is 1. The number of nitrogens with zero attached hydrogens (tertiary/aromatic N) is 2. The fraction of sp³-hybridized carbons (Fsp3) is 0.348. The molecule has 162 valence electrons. The van der Waals surface area contributed by atoms with Gasteiger partial charge in [0, 0.05) is 59.7 Å². The van der Waals surface area contributed by atoms with Gasteiger partial charge in [-0.1, -0.05) is 23.7 Å². The summed E-state index contributed by atoms with van der Waals surface area (Å²) in [5, 5.41) is 15.8. The number of aromatic amines is 1. The second kappa shape index (κ2) is 9.49. The van der Waals surface area contributed by atoms with E-state index in [2.05, 4.69) is 15.2 Å². The van der Waals surface area contributed by atoms with Crippen molar-refractivity contribution in [2.45, 2.75) is 25.2 Å². The van der Waals surface area contributed by atoms with Crippen molar-refractivity contribution in [1.82, 2.24) is 15.2 Å². The van der Waals surface area contributed by atoms with Crippen LogP contribution in [0.1, 0.15) is 36.3 Å². The summed E-state index contributed by atoms with van der Waals surface area (Å²) in [6.45, 7) is 3.61. The number of hydrogen-bond acceptors (Lipinski definition) is 4. The molecule has 0 unspecified atom stereocenters. The SMILES string of the molecule is O=C(C[C@H](c1cccc([N+](=O)[O-])c1)c1c[nH]c2ccc(Cl)cc12)NCCN1CCCC1. The van der Waals surface area contributed by atoms with Gasteiger partial charge >= 0.3 is 0 Å². The Morgan fingerprint density at radius 3 is 2.81 bits per heavy atom. The van der Waals surface area contributed by atoms with Crippen molar-refractivity contribution in [1.29, 1.82) is 0 Å². The Labute approximate surface area is 185 Å². The summed E-state index contributed by atoms with van der Waals surface area (Å²) in [6.07, 6.45) is 4.49. The second-order valence-electron chi connectivity index (χ2n) is 7.94. The molecular weight excluding hydrogens is 416 g/mol. The largest absolute Gasteiger partial charge is 0.361 e. The van der Waals surface area contributed by atoms with E-state index in [1.54, 1.807) is 18.2 Å². The Hall–Kier alpha value is -2.90. The lowest BCUT2D eigenvalue weighted by Gasteiger charge is -2.19. The highest BCUT2D eigenvalue weighted by molar-refractivity contribution is 6.31. The lowest BCUT2D eigenvalue weighted by atomic mass is 9.87. The maximum atomic E-state index is 12.8. The first kappa shape index (κ1) is 21.3. The average molecular weight is 441 g/mol. The molecule has 1 saturated heterocycles. The predicted octanol–water partition coefficient (Wildman–Crippen LogP) is 4.46. The third kappa shape index (κ3) is 5.06. The number of amides is 1. The Balaban J connectivity index is 1.59. The van der Waals surface area contributed by atoms with Crippen molar-refractivity contribution in [3.05, 3.63) is 74.9 Å². The fourth-order valence-electron chi connectivity index (χ4n) is 4.28. The molecule has 1 atom stereocenters. The number of H-pyrrole nitrogens is 1. The van der Waals surface area contributed by atoms with Crippen LogP contribution in [0.25, 0.3) is 10.9 Å². The monoisotopic (exact) mass is 440 g/mol. The molecule has 0 saturated carbocycles. The Bertz CT molecular complexity index is 1090. The van der Waals surface area contributed by atoms with Crippen LogP contribution in [0.3, 0.4) is 0 Å². The van der Waals surface area contributed by atoms with Crippen LogP contribution in [-0.2, 0) is 4.79 Å². The highest BCUT2D eigenvalue weighted by Gasteiger charge is 2.23. The predicted molar refractivity (Wildman–Crippen MR) is 122 cm³/mol. The molecule has 2 heterocycles. The van der Waals surface area contributed by atoms with E-state index in [9.17, 15) is 14.9 Å². The Morgan fingerprint density at radius 1 is 1.23 bits per heavy atom. The molecule has 0 radical (unpaired) electrons. The molecule has 2 N–H and O–H groups in total. The van der Waals surface area contributed by atoms with Gasteiger partial charge in [-0.3, -0.25) is 14.9 Å². The van der Waals surface area contributed by atoms with Gasteiger partial charge in [0.15, 0.2) is 0 Å². The molecule has 3 aromatic rings. The molecule has 1 aromatic heterocycles. The number of rotatable bonds is 8. The summed E-state index contributed by atoms with van der Waals surface area (Å²) in [4.78, 5) is 29.3. The van der Waals surface area contributed by atoms with Gasteiger partial charge in [0.1, 0.15) is 0 Å². The molecule has 0 spiro atoms. The first-order valence-corrected chi connectivity index (χ1v) is 10.9. The van der Waals surface area contributed by atoms with Crippen LogP contribution in [-0.4, -0.2) is 46.9 Å². The Kier molecular flexibility index (Phi) is 6.53. The summed E-state index contributed by atoms with van der Waals surface area (Å²) < 4.78 is 0. The molecule has 1 fully saturated rings. The molecule has 1 aliphatic rings. The van der Waals surface area contributed by atoms with Crippen molar-refractivity contribution in [2.75, 3.05) is 26.2 Å². The maximum absolute atomic E-state index is 12.8. The molecule has 31 heavy (non-hydrogen) atoms. The first-order valence-electron chi connectivity index (χ1n) is 10.5. The molecule has 1 aliphatic heterocycles. The minimum atomic E-state index is -0.414. The van der Waals surface area contributed by atoms with Gasteiger partial charge in [-0.05, 0) is 55.3 Å². The van der Waals surface area contributed by atoms with Gasteiger partial charge in [0.05, 0.1) is 4.92 Å². The zero-order valence-corrected chi connectivity index (χ0v) is 17.9. The molecule has 0 bridgehead atoms. The van der Waals surface area contributed by atoms with E-state index in [-0.39, 0.29) is 23.9 Å². The van der Waals surface area contributed by atoms with E-state index in [4.69, 9.17) is 11.6 Å². The quantitative estimate of drug-likeness (QED) is 0.399. The molecular formula is C23H25ClN4O3. The number of nitro benzene ring substituents is 1. The molecule has 4 rings (SSSR count). The van der Waals surface area contributed by atoms with Gasteiger partial charge in [-0.25, -0.2) is 0 Å². The molecule has 1 amide bonds. The number of non-ortho nitro benzene ring substituents is 1. The summed E-state index contributed by atoms with van der Waals surface area (Å²) >= 11 is 6.21.